The minimum Gasteiger partial charge on any atom is -0.378 e. The number of hydrogen-bond donors (Lipinski definition) is 1. The molecular formula is C18H23N5O2S. The van der Waals surface area contributed by atoms with Crippen molar-refractivity contribution in [3.05, 3.63) is 34.8 Å². The maximum Gasteiger partial charge on any atom is 0.252 e. The number of piperidine rings is 1. The smallest absolute Gasteiger partial charge is 0.252 e. The van der Waals surface area contributed by atoms with Crippen molar-refractivity contribution >= 4 is 28.9 Å². The van der Waals surface area contributed by atoms with E-state index in [4.69, 9.17) is 4.74 Å². The molecule has 26 heavy (non-hydrogen) atoms. The Morgan fingerprint density at radius 2 is 1.81 bits per heavy atom. The molecule has 0 atom stereocenters. The second-order valence-corrected chi connectivity index (χ2v) is 7.36. The fourth-order valence-corrected chi connectivity index (χ4v) is 4.03. The van der Waals surface area contributed by atoms with Crippen LogP contribution in [-0.2, 0) is 4.74 Å². The fourth-order valence-electron chi connectivity index (χ4n) is 3.39. The van der Waals surface area contributed by atoms with Gasteiger partial charge in [-0.2, -0.15) is 11.3 Å². The first kappa shape index (κ1) is 17.2. The van der Waals surface area contributed by atoms with Crippen molar-refractivity contribution in [1.82, 2.24) is 15.3 Å². The second-order valence-electron chi connectivity index (χ2n) is 6.58. The van der Waals surface area contributed by atoms with Gasteiger partial charge >= 0.3 is 0 Å². The van der Waals surface area contributed by atoms with Crippen molar-refractivity contribution in [2.45, 2.75) is 18.9 Å². The van der Waals surface area contributed by atoms with Crippen LogP contribution in [0.3, 0.4) is 0 Å². The standard InChI is InChI=1S/C18H23N5O2S/c24-18(14-3-10-26-12-14)21-15-1-4-22(5-2-15)16-11-17(20-13-19-16)23-6-8-25-9-7-23/h3,10-13,15H,1-2,4-9H2,(H,21,24). The number of thiophene rings is 1. The van der Waals surface area contributed by atoms with Gasteiger partial charge in [0.1, 0.15) is 18.0 Å². The Kier molecular flexibility index (Phi) is 5.31. The predicted molar refractivity (Wildman–Crippen MR) is 102 cm³/mol. The average Bonchev–Trinajstić information content (AvgIpc) is 3.24. The van der Waals surface area contributed by atoms with Gasteiger partial charge in [-0.1, -0.05) is 0 Å². The number of ether oxygens (including phenoxy) is 1. The molecule has 1 amide bonds. The molecule has 2 aromatic heterocycles. The molecular weight excluding hydrogens is 350 g/mol. The van der Waals surface area contributed by atoms with Crippen LogP contribution in [0.5, 0.6) is 0 Å². The van der Waals surface area contributed by atoms with E-state index in [-0.39, 0.29) is 11.9 Å². The average molecular weight is 373 g/mol. The van der Waals surface area contributed by atoms with Gasteiger partial charge in [-0.05, 0) is 24.3 Å². The van der Waals surface area contributed by atoms with Crippen molar-refractivity contribution < 1.29 is 9.53 Å². The van der Waals surface area contributed by atoms with Crippen LogP contribution in [0.25, 0.3) is 0 Å². The van der Waals surface area contributed by atoms with Gasteiger partial charge in [0.25, 0.3) is 5.91 Å². The molecule has 0 spiro atoms. The third kappa shape index (κ3) is 3.96. The molecule has 1 N–H and O–H groups in total. The fraction of sp³-hybridized carbons (Fsp3) is 0.500. The summed E-state index contributed by atoms with van der Waals surface area (Å²) in [5.74, 6) is 1.96. The molecule has 2 saturated heterocycles. The Hall–Kier alpha value is -2.19. The Balaban J connectivity index is 1.33. The van der Waals surface area contributed by atoms with Crippen LogP contribution in [0.15, 0.2) is 29.2 Å². The summed E-state index contributed by atoms with van der Waals surface area (Å²) >= 11 is 1.55. The van der Waals surface area contributed by atoms with Crippen molar-refractivity contribution in [1.29, 1.82) is 0 Å². The maximum atomic E-state index is 12.2. The normalized spacial score (nSPS) is 18.8. The minimum atomic E-state index is 0.0290. The molecule has 0 aliphatic carbocycles. The highest BCUT2D eigenvalue weighted by Crippen LogP contribution is 2.22. The Morgan fingerprint density at radius 1 is 1.12 bits per heavy atom. The number of carbonyl (C=O) groups excluding carboxylic acids is 1. The van der Waals surface area contributed by atoms with Gasteiger partial charge in [-0.3, -0.25) is 4.79 Å². The molecule has 2 aromatic rings. The van der Waals surface area contributed by atoms with E-state index in [1.54, 1.807) is 17.7 Å². The summed E-state index contributed by atoms with van der Waals surface area (Å²) in [6.45, 7) is 4.99. The lowest BCUT2D eigenvalue weighted by Gasteiger charge is -2.34. The number of nitrogens with zero attached hydrogens (tertiary/aromatic N) is 4. The Bertz CT molecular complexity index is 725. The molecule has 2 aliphatic rings. The number of morpholine rings is 1. The topological polar surface area (TPSA) is 70.6 Å². The van der Waals surface area contributed by atoms with Gasteiger partial charge in [0.15, 0.2) is 0 Å². The summed E-state index contributed by atoms with van der Waals surface area (Å²) in [4.78, 5) is 25.6. The number of aromatic nitrogens is 2. The molecule has 0 unspecified atom stereocenters. The van der Waals surface area contributed by atoms with Crippen molar-refractivity contribution in [2.24, 2.45) is 0 Å². The zero-order valence-electron chi connectivity index (χ0n) is 14.6. The van der Waals surface area contributed by atoms with Gasteiger partial charge in [0.05, 0.1) is 13.2 Å². The number of carbonyl (C=O) groups is 1. The molecule has 138 valence electrons. The molecule has 8 heteroatoms. The third-order valence-electron chi connectivity index (χ3n) is 4.91. The lowest BCUT2D eigenvalue weighted by molar-refractivity contribution is 0.0931. The minimum absolute atomic E-state index is 0.0290. The van der Waals surface area contributed by atoms with Crippen LogP contribution < -0.4 is 15.1 Å². The zero-order chi connectivity index (χ0) is 17.8. The van der Waals surface area contributed by atoms with Gasteiger partial charge in [-0.15, -0.1) is 0 Å². The summed E-state index contributed by atoms with van der Waals surface area (Å²) in [6, 6.07) is 4.15. The Labute approximate surface area is 157 Å². The van der Waals surface area contributed by atoms with Gasteiger partial charge < -0.3 is 19.9 Å². The maximum absolute atomic E-state index is 12.2. The summed E-state index contributed by atoms with van der Waals surface area (Å²) in [5, 5.41) is 6.96. The van der Waals surface area contributed by atoms with E-state index in [2.05, 4.69) is 31.2 Å². The van der Waals surface area contributed by atoms with Crippen molar-refractivity contribution in [3.63, 3.8) is 0 Å². The summed E-state index contributed by atoms with van der Waals surface area (Å²) in [7, 11) is 0. The molecule has 2 fully saturated rings. The highest BCUT2D eigenvalue weighted by Gasteiger charge is 2.23. The second kappa shape index (κ2) is 8.01. The van der Waals surface area contributed by atoms with E-state index in [1.165, 1.54) is 0 Å². The molecule has 0 aromatic carbocycles. The van der Waals surface area contributed by atoms with Crippen LogP contribution in [-0.4, -0.2) is 61.3 Å². The highest BCUT2D eigenvalue weighted by atomic mass is 32.1. The molecule has 4 rings (SSSR count). The number of amides is 1. The molecule has 7 nitrogen and oxygen atoms in total. The van der Waals surface area contributed by atoms with Gasteiger partial charge in [-0.25, -0.2) is 9.97 Å². The number of nitrogens with one attached hydrogen (secondary N) is 1. The van der Waals surface area contributed by atoms with Crippen LogP contribution in [0.4, 0.5) is 11.6 Å². The van der Waals surface area contributed by atoms with E-state index in [9.17, 15) is 4.79 Å². The van der Waals surface area contributed by atoms with Crippen LogP contribution >= 0.6 is 11.3 Å². The molecule has 0 saturated carbocycles. The number of rotatable bonds is 4. The van der Waals surface area contributed by atoms with E-state index < -0.39 is 0 Å². The van der Waals surface area contributed by atoms with Crippen LogP contribution in [0, 0.1) is 0 Å². The van der Waals surface area contributed by atoms with E-state index in [1.807, 2.05) is 16.8 Å². The first-order valence-electron chi connectivity index (χ1n) is 9.02. The molecule has 2 aliphatic heterocycles. The zero-order valence-corrected chi connectivity index (χ0v) is 15.5. The number of anilines is 2. The van der Waals surface area contributed by atoms with E-state index in [0.29, 0.717) is 0 Å². The molecule has 4 heterocycles. The molecule has 0 radical (unpaired) electrons. The monoisotopic (exact) mass is 373 g/mol. The van der Waals surface area contributed by atoms with Gasteiger partial charge in [0.2, 0.25) is 0 Å². The SMILES string of the molecule is O=C(NC1CCN(c2cc(N3CCOCC3)ncn2)CC1)c1ccsc1. The predicted octanol–water partition coefficient (Wildman–Crippen LogP) is 1.77. The first-order chi connectivity index (χ1) is 12.8. The van der Waals surface area contributed by atoms with Crippen LogP contribution in [0.1, 0.15) is 23.2 Å². The lowest BCUT2D eigenvalue weighted by atomic mass is 10.0. The van der Waals surface area contributed by atoms with Gasteiger partial charge in [0, 0.05) is 49.2 Å². The van der Waals surface area contributed by atoms with E-state index >= 15 is 0 Å². The highest BCUT2D eigenvalue weighted by molar-refractivity contribution is 7.08. The largest absolute Gasteiger partial charge is 0.378 e. The summed E-state index contributed by atoms with van der Waals surface area (Å²) < 4.78 is 5.41. The third-order valence-corrected chi connectivity index (χ3v) is 5.59. The first-order valence-corrected chi connectivity index (χ1v) is 9.96. The van der Waals surface area contributed by atoms with E-state index in [0.717, 1.165) is 69.4 Å². The molecule has 0 bridgehead atoms. The lowest BCUT2D eigenvalue weighted by Crippen LogP contribution is -2.45. The number of hydrogen-bond acceptors (Lipinski definition) is 7. The van der Waals surface area contributed by atoms with Crippen molar-refractivity contribution in [2.75, 3.05) is 49.2 Å². The quantitative estimate of drug-likeness (QED) is 0.881. The van der Waals surface area contributed by atoms with Crippen LogP contribution in [0.2, 0.25) is 0 Å². The summed E-state index contributed by atoms with van der Waals surface area (Å²) in [5.41, 5.74) is 0.753. The Morgan fingerprint density at radius 3 is 2.46 bits per heavy atom. The van der Waals surface area contributed by atoms with Crippen molar-refractivity contribution in [3.8, 4) is 0 Å². The summed E-state index contributed by atoms with van der Waals surface area (Å²) in [6.07, 6.45) is 3.49.